The Morgan fingerprint density at radius 3 is 2.32 bits per heavy atom. The standard InChI is InChI=1S/C28H25N3O3/c1-3-33-23-13-8-20(9-14-23)21-10-15-24-25(17-21)30-28(26-5-4-16-34-26)31-27(24)29-18-19-6-11-22(32-2)12-7-19/h4-17H,3,18H2,1-2H3,(H,29,30,31). The average Bonchev–Trinajstić information content (AvgIpc) is 3.43. The van der Waals surface area contributed by atoms with E-state index in [1.165, 1.54) is 0 Å². The molecule has 0 radical (unpaired) electrons. The van der Waals surface area contributed by atoms with Crippen molar-refractivity contribution in [2.75, 3.05) is 19.0 Å². The first kappa shape index (κ1) is 21.5. The Kier molecular flexibility index (Phi) is 6.12. The van der Waals surface area contributed by atoms with E-state index in [1.807, 2.05) is 55.5 Å². The summed E-state index contributed by atoms with van der Waals surface area (Å²) in [5.74, 6) is 3.61. The summed E-state index contributed by atoms with van der Waals surface area (Å²) < 4.78 is 16.4. The Morgan fingerprint density at radius 1 is 0.853 bits per heavy atom. The molecule has 5 rings (SSSR count). The van der Waals surface area contributed by atoms with Crippen molar-refractivity contribution in [3.63, 3.8) is 0 Å². The van der Waals surface area contributed by atoms with Gasteiger partial charge in [0.2, 0.25) is 0 Å². The van der Waals surface area contributed by atoms with Crippen LogP contribution < -0.4 is 14.8 Å². The first-order valence-corrected chi connectivity index (χ1v) is 11.2. The number of hydrogen-bond donors (Lipinski definition) is 1. The molecule has 34 heavy (non-hydrogen) atoms. The first-order valence-electron chi connectivity index (χ1n) is 11.2. The Morgan fingerprint density at radius 2 is 1.62 bits per heavy atom. The van der Waals surface area contributed by atoms with Crippen LogP contribution >= 0.6 is 0 Å². The van der Waals surface area contributed by atoms with E-state index < -0.39 is 0 Å². The molecule has 0 spiro atoms. The zero-order valence-corrected chi connectivity index (χ0v) is 19.1. The van der Waals surface area contributed by atoms with E-state index in [-0.39, 0.29) is 0 Å². The van der Waals surface area contributed by atoms with Crippen LogP contribution in [-0.4, -0.2) is 23.7 Å². The van der Waals surface area contributed by atoms with Crippen molar-refractivity contribution < 1.29 is 13.9 Å². The number of methoxy groups -OCH3 is 1. The Balaban J connectivity index is 1.51. The lowest BCUT2D eigenvalue weighted by atomic mass is 10.0. The van der Waals surface area contributed by atoms with Gasteiger partial charge in [0.15, 0.2) is 11.6 Å². The van der Waals surface area contributed by atoms with Crippen molar-refractivity contribution in [2.24, 2.45) is 0 Å². The average molecular weight is 452 g/mol. The molecule has 0 saturated carbocycles. The summed E-state index contributed by atoms with van der Waals surface area (Å²) in [4.78, 5) is 9.57. The molecule has 0 atom stereocenters. The number of hydrogen-bond acceptors (Lipinski definition) is 6. The van der Waals surface area contributed by atoms with E-state index in [1.54, 1.807) is 13.4 Å². The minimum Gasteiger partial charge on any atom is -0.497 e. The van der Waals surface area contributed by atoms with Gasteiger partial charge in [0.1, 0.15) is 17.3 Å². The molecule has 170 valence electrons. The third kappa shape index (κ3) is 4.57. The number of nitrogens with zero attached hydrogens (tertiary/aromatic N) is 2. The molecule has 5 aromatic rings. The van der Waals surface area contributed by atoms with Crippen LogP contribution in [0.2, 0.25) is 0 Å². The largest absolute Gasteiger partial charge is 0.497 e. The number of fused-ring (bicyclic) bond motifs is 1. The van der Waals surface area contributed by atoms with Gasteiger partial charge >= 0.3 is 0 Å². The third-order valence-corrected chi connectivity index (χ3v) is 5.56. The minimum atomic E-state index is 0.540. The van der Waals surface area contributed by atoms with Crippen LogP contribution in [0, 0.1) is 0 Å². The fourth-order valence-corrected chi connectivity index (χ4v) is 3.80. The van der Waals surface area contributed by atoms with E-state index in [9.17, 15) is 0 Å². The zero-order valence-electron chi connectivity index (χ0n) is 19.1. The first-order chi connectivity index (χ1) is 16.7. The molecule has 0 amide bonds. The normalized spacial score (nSPS) is 10.9. The van der Waals surface area contributed by atoms with Crippen LogP contribution in [-0.2, 0) is 6.54 Å². The van der Waals surface area contributed by atoms with Crippen molar-refractivity contribution in [3.8, 4) is 34.2 Å². The van der Waals surface area contributed by atoms with Crippen molar-refractivity contribution in [2.45, 2.75) is 13.5 Å². The monoisotopic (exact) mass is 451 g/mol. The minimum absolute atomic E-state index is 0.540. The van der Waals surface area contributed by atoms with E-state index in [0.29, 0.717) is 24.7 Å². The van der Waals surface area contributed by atoms with E-state index in [0.717, 1.165) is 44.9 Å². The summed E-state index contributed by atoms with van der Waals surface area (Å²) in [6.07, 6.45) is 1.63. The third-order valence-electron chi connectivity index (χ3n) is 5.56. The second-order valence-corrected chi connectivity index (χ2v) is 7.76. The predicted molar refractivity (Wildman–Crippen MR) is 134 cm³/mol. The van der Waals surface area contributed by atoms with Gasteiger partial charge in [-0.3, -0.25) is 0 Å². The van der Waals surface area contributed by atoms with Crippen molar-refractivity contribution in [1.29, 1.82) is 0 Å². The maximum absolute atomic E-state index is 5.58. The summed E-state index contributed by atoms with van der Waals surface area (Å²) in [7, 11) is 1.66. The van der Waals surface area contributed by atoms with Crippen molar-refractivity contribution in [1.82, 2.24) is 9.97 Å². The summed E-state index contributed by atoms with van der Waals surface area (Å²) in [6, 6.07) is 26.0. The number of anilines is 1. The molecule has 0 bridgehead atoms. The highest BCUT2D eigenvalue weighted by atomic mass is 16.5. The zero-order chi connectivity index (χ0) is 23.3. The number of ether oxygens (including phenoxy) is 2. The molecule has 0 aliphatic carbocycles. The highest BCUT2D eigenvalue weighted by molar-refractivity contribution is 5.93. The molecule has 1 N–H and O–H groups in total. The van der Waals surface area contributed by atoms with Crippen molar-refractivity contribution >= 4 is 16.7 Å². The predicted octanol–water partition coefficient (Wildman–Crippen LogP) is 6.58. The van der Waals surface area contributed by atoms with Gasteiger partial charge in [0.25, 0.3) is 0 Å². The lowest BCUT2D eigenvalue weighted by Gasteiger charge is -2.12. The fourth-order valence-electron chi connectivity index (χ4n) is 3.80. The lowest BCUT2D eigenvalue weighted by molar-refractivity contribution is 0.340. The maximum Gasteiger partial charge on any atom is 0.198 e. The molecule has 0 aliphatic rings. The quantitative estimate of drug-likeness (QED) is 0.287. The van der Waals surface area contributed by atoms with Gasteiger partial charge in [-0.05, 0) is 72.1 Å². The molecular weight excluding hydrogens is 426 g/mol. The number of furan rings is 1. The highest BCUT2D eigenvalue weighted by Crippen LogP contribution is 2.30. The van der Waals surface area contributed by atoms with Gasteiger partial charge in [-0.1, -0.05) is 30.3 Å². The molecule has 0 saturated heterocycles. The molecule has 0 fully saturated rings. The van der Waals surface area contributed by atoms with Crippen LogP contribution in [0.1, 0.15) is 12.5 Å². The lowest BCUT2D eigenvalue weighted by Crippen LogP contribution is -2.04. The molecule has 6 nitrogen and oxygen atoms in total. The molecule has 0 aliphatic heterocycles. The second kappa shape index (κ2) is 9.67. The topological polar surface area (TPSA) is 69.4 Å². The van der Waals surface area contributed by atoms with Gasteiger partial charge in [-0.15, -0.1) is 0 Å². The summed E-state index contributed by atoms with van der Waals surface area (Å²) in [6.45, 7) is 3.25. The molecule has 0 unspecified atom stereocenters. The Hall–Kier alpha value is -4.32. The Labute approximate surface area is 198 Å². The van der Waals surface area contributed by atoms with Crippen LogP contribution in [0.4, 0.5) is 5.82 Å². The van der Waals surface area contributed by atoms with E-state index in [2.05, 4.69) is 35.6 Å². The molecule has 3 aromatic carbocycles. The SMILES string of the molecule is CCOc1ccc(-c2ccc3c(NCc4ccc(OC)cc4)nc(-c4ccco4)nc3c2)cc1. The molecule has 6 heteroatoms. The van der Waals surface area contributed by atoms with Crippen LogP contribution in [0.15, 0.2) is 89.5 Å². The van der Waals surface area contributed by atoms with Crippen LogP contribution in [0.3, 0.4) is 0 Å². The van der Waals surface area contributed by atoms with Gasteiger partial charge < -0.3 is 19.2 Å². The van der Waals surface area contributed by atoms with E-state index >= 15 is 0 Å². The summed E-state index contributed by atoms with van der Waals surface area (Å²) in [5.41, 5.74) is 4.13. The second-order valence-electron chi connectivity index (χ2n) is 7.76. The van der Waals surface area contributed by atoms with Gasteiger partial charge in [0, 0.05) is 11.9 Å². The fraction of sp³-hybridized carbons (Fsp3) is 0.143. The van der Waals surface area contributed by atoms with Crippen molar-refractivity contribution in [3.05, 3.63) is 90.7 Å². The smallest absolute Gasteiger partial charge is 0.198 e. The number of benzene rings is 3. The maximum atomic E-state index is 5.58. The molecule has 2 heterocycles. The number of nitrogens with one attached hydrogen (secondary N) is 1. The summed E-state index contributed by atoms with van der Waals surface area (Å²) in [5, 5.41) is 4.42. The van der Waals surface area contributed by atoms with Crippen LogP contribution in [0.5, 0.6) is 11.5 Å². The Bertz CT molecular complexity index is 1380. The van der Waals surface area contributed by atoms with Gasteiger partial charge in [-0.25, -0.2) is 9.97 Å². The van der Waals surface area contributed by atoms with Crippen LogP contribution in [0.25, 0.3) is 33.6 Å². The highest BCUT2D eigenvalue weighted by Gasteiger charge is 2.13. The molecular formula is C28H25N3O3. The van der Waals surface area contributed by atoms with Gasteiger partial charge in [-0.2, -0.15) is 0 Å². The van der Waals surface area contributed by atoms with E-state index in [4.69, 9.17) is 23.9 Å². The number of aromatic nitrogens is 2. The van der Waals surface area contributed by atoms with Gasteiger partial charge in [0.05, 0.1) is 25.5 Å². The molecule has 2 aromatic heterocycles. The number of rotatable bonds is 8. The summed E-state index contributed by atoms with van der Waals surface area (Å²) >= 11 is 0.